The third-order valence-electron chi connectivity index (χ3n) is 1.51. The van der Waals surface area contributed by atoms with E-state index in [1.165, 1.54) is 11.3 Å². The fourth-order valence-electron chi connectivity index (χ4n) is 0.888. The van der Waals surface area contributed by atoms with Crippen LogP contribution in [0.2, 0.25) is 5.02 Å². The second-order valence-corrected chi connectivity index (χ2v) is 2.80. The summed E-state index contributed by atoms with van der Waals surface area (Å²) in [5.41, 5.74) is 0.818. The van der Waals surface area contributed by atoms with Crippen LogP contribution in [-0.4, -0.2) is 17.0 Å². The van der Waals surface area contributed by atoms with Gasteiger partial charge in [0.25, 0.3) is 0 Å². The van der Waals surface area contributed by atoms with Gasteiger partial charge in [-0.05, 0) is 6.42 Å². The fourth-order valence-corrected chi connectivity index (χ4v) is 1.25. The highest BCUT2D eigenvalue weighted by Crippen LogP contribution is 2.22. The smallest absolute Gasteiger partial charge is 0.164 e. The zero-order valence-electron chi connectivity index (χ0n) is 7.08. The predicted octanol–water partition coefficient (Wildman–Crippen LogP) is 1.00. The van der Waals surface area contributed by atoms with Crippen molar-refractivity contribution in [3.8, 4) is 0 Å². The molecule has 1 heterocycles. The van der Waals surface area contributed by atoms with E-state index in [4.69, 9.17) is 17.4 Å². The van der Waals surface area contributed by atoms with Crippen LogP contribution in [0.15, 0.2) is 6.33 Å². The Morgan fingerprint density at radius 3 is 2.75 bits per heavy atom. The molecule has 5 heteroatoms. The van der Waals surface area contributed by atoms with Gasteiger partial charge in [-0.15, -0.1) is 0 Å². The molecule has 0 fully saturated rings. The van der Waals surface area contributed by atoms with E-state index in [9.17, 15) is 0 Å². The number of nitrogens with zero attached hydrogens (tertiary/aromatic N) is 3. The number of nitrogens with two attached hydrogens (primary N) is 1. The molecule has 0 aliphatic rings. The molecule has 4 nitrogen and oxygen atoms in total. The van der Waals surface area contributed by atoms with E-state index in [1.807, 2.05) is 6.92 Å². The number of hydrogen-bond donors (Lipinski definition) is 1. The van der Waals surface area contributed by atoms with Crippen molar-refractivity contribution >= 4 is 17.4 Å². The van der Waals surface area contributed by atoms with E-state index >= 15 is 0 Å². The Kier molecular flexibility index (Phi) is 2.83. The number of anilines is 1. The minimum Gasteiger partial charge on any atom is -0.297 e. The van der Waals surface area contributed by atoms with Gasteiger partial charge in [0.05, 0.1) is 5.69 Å². The average Bonchev–Trinajstić information content (AvgIpc) is 2.04. The molecule has 1 aromatic heterocycles. The standard InChI is InChI=1S/C7H11ClN4/c1-3-5-6(8)7(12(2)9)11-4-10-5/h4H,3,9H2,1-2H3. The highest BCUT2D eigenvalue weighted by molar-refractivity contribution is 6.33. The minimum atomic E-state index is 0.532. The summed E-state index contributed by atoms with van der Waals surface area (Å²) in [6, 6.07) is 0. The molecule has 12 heavy (non-hydrogen) atoms. The summed E-state index contributed by atoms with van der Waals surface area (Å²) in [5.74, 6) is 6.06. The largest absolute Gasteiger partial charge is 0.297 e. The number of rotatable bonds is 2. The molecular weight excluding hydrogens is 176 g/mol. The van der Waals surface area contributed by atoms with Crippen molar-refractivity contribution in [2.75, 3.05) is 12.1 Å². The molecule has 0 spiro atoms. The zero-order chi connectivity index (χ0) is 9.14. The van der Waals surface area contributed by atoms with Crippen LogP contribution in [0.3, 0.4) is 0 Å². The first-order chi connectivity index (χ1) is 5.66. The van der Waals surface area contributed by atoms with E-state index in [2.05, 4.69) is 9.97 Å². The van der Waals surface area contributed by atoms with E-state index in [1.54, 1.807) is 7.05 Å². The number of halogens is 1. The molecule has 0 aliphatic heterocycles. The summed E-state index contributed by atoms with van der Waals surface area (Å²) in [6.45, 7) is 1.98. The Morgan fingerprint density at radius 1 is 1.58 bits per heavy atom. The van der Waals surface area contributed by atoms with Crippen LogP contribution in [0.4, 0.5) is 5.82 Å². The summed E-state index contributed by atoms with van der Waals surface area (Å²) >= 11 is 5.96. The van der Waals surface area contributed by atoms with E-state index < -0.39 is 0 Å². The first-order valence-corrected chi connectivity index (χ1v) is 4.02. The second-order valence-electron chi connectivity index (χ2n) is 2.42. The number of aromatic nitrogens is 2. The van der Waals surface area contributed by atoms with Crippen LogP contribution in [-0.2, 0) is 6.42 Å². The minimum absolute atomic E-state index is 0.532. The molecule has 0 saturated heterocycles. The van der Waals surface area contributed by atoms with Gasteiger partial charge in [-0.3, -0.25) is 5.01 Å². The lowest BCUT2D eigenvalue weighted by Crippen LogP contribution is -2.26. The van der Waals surface area contributed by atoms with Gasteiger partial charge in [-0.25, -0.2) is 15.8 Å². The van der Waals surface area contributed by atoms with Gasteiger partial charge >= 0.3 is 0 Å². The van der Waals surface area contributed by atoms with Gasteiger partial charge in [0.1, 0.15) is 11.3 Å². The van der Waals surface area contributed by atoms with Crippen LogP contribution in [0.1, 0.15) is 12.6 Å². The lowest BCUT2D eigenvalue weighted by Gasteiger charge is -2.13. The Bertz CT molecular complexity index is 274. The van der Waals surface area contributed by atoms with Crippen molar-refractivity contribution in [3.05, 3.63) is 17.0 Å². The number of aryl methyl sites for hydroxylation is 1. The molecule has 0 saturated carbocycles. The molecule has 0 radical (unpaired) electrons. The molecule has 2 N–H and O–H groups in total. The van der Waals surface area contributed by atoms with Crippen LogP contribution >= 0.6 is 11.6 Å². The molecule has 0 unspecified atom stereocenters. The van der Waals surface area contributed by atoms with E-state index in [0.29, 0.717) is 10.8 Å². The molecule has 0 bridgehead atoms. The molecular formula is C7H11ClN4. The van der Waals surface area contributed by atoms with Crippen LogP contribution in [0.25, 0.3) is 0 Å². The third kappa shape index (κ3) is 1.65. The van der Waals surface area contributed by atoms with Crippen LogP contribution < -0.4 is 10.9 Å². The topological polar surface area (TPSA) is 55.0 Å². The Balaban J connectivity index is 3.14. The van der Waals surface area contributed by atoms with Gasteiger partial charge in [0, 0.05) is 7.05 Å². The highest BCUT2D eigenvalue weighted by atomic mass is 35.5. The molecule has 0 aromatic carbocycles. The van der Waals surface area contributed by atoms with Crippen molar-refractivity contribution in [2.24, 2.45) is 5.84 Å². The van der Waals surface area contributed by atoms with Crippen molar-refractivity contribution in [1.82, 2.24) is 9.97 Å². The summed E-state index contributed by atoms with van der Waals surface area (Å²) in [7, 11) is 1.69. The maximum absolute atomic E-state index is 5.96. The maximum atomic E-state index is 5.96. The monoisotopic (exact) mass is 186 g/mol. The van der Waals surface area contributed by atoms with Crippen molar-refractivity contribution < 1.29 is 0 Å². The molecule has 0 amide bonds. The van der Waals surface area contributed by atoms with Crippen molar-refractivity contribution in [2.45, 2.75) is 13.3 Å². The molecule has 0 atom stereocenters. The highest BCUT2D eigenvalue weighted by Gasteiger charge is 2.08. The molecule has 1 rings (SSSR count). The van der Waals surface area contributed by atoms with E-state index in [0.717, 1.165) is 12.1 Å². The fraction of sp³-hybridized carbons (Fsp3) is 0.429. The average molecular weight is 187 g/mol. The SMILES string of the molecule is CCc1ncnc(N(C)N)c1Cl. The predicted molar refractivity (Wildman–Crippen MR) is 49.0 cm³/mol. The first-order valence-electron chi connectivity index (χ1n) is 3.64. The zero-order valence-corrected chi connectivity index (χ0v) is 7.84. The van der Waals surface area contributed by atoms with Crippen molar-refractivity contribution in [3.63, 3.8) is 0 Å². The van der Waals surface area contributed by atoms with Gasteiger partial charge in [0.2, 0.25) is 0 Å². The van der Waals surface area contributed by atoms with Crippen LogP contribution in [0.5, 0.6) is 0 Å². The summed E-state index contributed by atoms with van der Waals surface area (Å²) in [6.07, 6.45) is 2.24. The Labute approximate surface area is 76.3 Å². The van der Waals surface area contributed by atoms with Crippen molar-refractivity contribution in [1.29, 1.82) is 0 Å². The summed E-state index contributed by atoms with van der Waals surface area (Å²) in [4.78, 5) is 7.96. The molecule has 1 aromatic rings. The lowest BCUT2D eigenvalue weighted by atomic mass is 10.3. The second kappa shape index (κ2) is 3.69. The molecule has 66 valence electrons. The normalized spacial score (nSPS) is 10.0. The Morgan fingerprint density at radius 2 is 2.25 bits per heavy atom. The van der Waals surface area contributed by atoms with E-state index in [-0.39, 0.29) is 0 Å². The summed E-state index contributed by atoms with van der Waals surface area (Å²) < 4.78 is 0. The summed E-state index contributed by atoms with van der Waals surface area (Å²) in [5, 5.41) is 1.91. The van der Waals surface area contributed by atoms with Gasteiger partial charge in [-0.1, -0.05) is 18.5 Å². The number of hydrogen-bond acceptors (Lipinski definition) is 4. The Hall–Kier alpha value is -0.870. The number of hydrazine groups is 1. The van der Waals surface area contributed by atoms with Gasteiger partial charge in [-0.2, -0.15) is 0 Å². The third-order valence-corrected chi connectivity index (χ3v) is 1.90. The maximum Gasteiger partial charge on any atom is 0.164 e. The lowest BCUT2D eigenvalue weighted by molar-refractivity contribution is 0.930. The van der Waals surface area contributed by atoms with Gasteiger partial charge < -0.3 is 0 Å². The van der Waals surface area contributed by atoms with Crippen LogP contribution in [0, 0.1) is 0 Å². The molecule has 0 aliphatic carbocycles. The quantitative estimate of drug-likeness (QED) is 0.553. The first kappa shape index (κ1) is 9.22. The van der Waals surface area contributed by atoms with Gasteiger partial charge in [0.15, 0.2) is 5.82 Å².